The van der Waals surface area contributed by atoms with E-state index in [9.17, 15) is 0 Å². The molecule has 0 N–H and O–H groups in total. The number of morpholine rings is 3. The molecule has 0 amide bonds. The lowest BCUT2D eigenvalue weighted by Gasteiger charge is -2.36. The van der Waals surface area contributed by atoms with Gasteiger partial charge in [0.05, 0.1) is 64.1 Å². The van der Waals surface area contributed by atoms with Crippen LogP contribution in [0.1, 0.15) is 47.0 Å². The van der Waals surface area contributed by atoms with Crippen LogP contribution >= 0.6 is 0 Å². The van der Waals surface area contributed by atoms with Crippen molar-refractivity contribution >= 4 is 0 Å². The van der Waals surface area contributed by atoms with Crippen molar-refractivity contribution in [1.29, 1.82) is 0 Å². The topological polar surface area (TPSA) is 59.1 Å². The lowest BCUT2D eigenvalue weighted by atomic mass is 10.1. The lowest BCUT2D eigenvalue weighted by Crippen LogP contribution is -2.47. The molecule has 4 aliphatic heterocycles. The van der Waals surface area contributed by atoms with Crippen LogP contribution in [0.5, 0.6) is 0 Å². The van der Waals surface area contributed by atoms with E-state index in [4.69, 9.17) is 23.7 Å². The Morgan fingerprint density at radius 2 is 0.868 bits per heavy atom. The van der Waals surface area contributed by atoms with Gasteiger partial charge in [-0.15, -0.1) is 0 Å². The van der Waals surface area contributed by atoms with Gasteiger partial charge in [0, 0.05) is 65.4 Å². The number of nitrogens with zero attached hydrogens (tertiary/aromatic N) is 4. The van der Waals surface area contributed by atoms with Gasteiger partial charge in [-0.2, -0.15) is 0 Å². The summed E-state index contributed by atoms with van der Waals surface area (Å²) in [5.74, 6) is 0. The number of likely N-dealkylation sites (tertiary alicyclic amines) is 1. The van der Waals surface area contributed by atoms with Crippen LogP contribution in [0.15, 0.2) is 0 Å². The van der Waals surface area contributed by atoms with Gasteiger partial charge in [0.1, 0.15) is 0 Å². The van der Waals surface area contributed by atoms with Crippen molar-refractivity contribution in [2.24, 2.45) is 0 Å². The second-order valence-electron chi connectivity index (χ2n) is 11.6. The van der Waals surface area contributed by atoms with E-state index in [1.165, 1.54) is 32.4 Å². The van der Waals surface area contributed by atoms with Crippen LogP contribution in [0.3, 0.4) is 0 Å². The average molecular weight is 543 g/mol. The van der Waals surface area contributed by atoms with E-state index < -0.39 is 0 Å². The van der Waals surface area contributed by atoms with E-state index in [-0.39, 0.29) is 0 Å². The SMILES string of the molecule is C1CCN(CCOCCN2CCOCC2)CC1.CC1CN(CCOCCN2CC(C)OC(C)C2)CC(C)O1. The highest BCUT2D eigenvalue weighted by Gasteiger charge is 2.23. The summed E-state index contributed by atoms with van der Waals surface area (Å²) in [6.45, 7) is 26.7. The van der Waals surface area contributed by atoms with Gasteiger partial charge >= 0.3 is 0 Å². The summed E-state index contributed by atoms with van der Waals surface area (Å²) >= 11 is 0. The summed E-state index contributed by atoms with van der Waals surface area (Å²) < 4.78 is 28.3. The molecule has 4 unspecified atom stereocenters. The summed E-state index contributed by atoms with van der Waals surface area (Å²) in [6.07, 6.45) is 5.50. The number of piperidine rings is 1. The predicted molar refractivity (Wildman–Crippen MR) is 152 cm³/mol. The molecule has 0 aromatic heterocycles. The monoisotopic (exact) mass is 542 g/mol. The Kier molecular flexibility index (Phi) is 16.0. The van der Waals surface area contributed by atoms with E-state index in [0.29, 0.717) is 24.4 Å². The molecular formula is C29H58N4O5. The van der Waals surface area contributed by atoms with Crippen LogP contribution in [0.25, 0.3) is 0 Å². The van der Waals surface area contributed by atoms with Crippen LogP contribution in [-0.2, 0) is 23.7 Å². The first-order valence-corrected chi connectivity index (χ1v) is 15.4. The van der Waals surface area contributed by atoms with Gasteiger partial charge in [-0.05, 0) is 53.6 Å². The Bertz CT molecular complexity index is 523. The Hall–Kier alpha value is -0.360. The molecule has 9 nitrogen and oxygen atoms in total. The van der Waals surface area contributed by atoms with Gasteiger partial charge in [0.25, 0.3) is 0 Å². The van der Waals surface area contributed by atoms with E-state index >= 15 is 0 Å². The van der Waals surface area contributed by atoms with Crippen LogP contribution in [-0.4, -0.2) is 162 Å². The Labute approximate surface area is 233 Å². The standard InChI is InChI=1S/C16H32N2O3.C13H26N2O2/c1-13-9-17(10-14(2)20-13)5-7-19-8-6-18-11-15(3)21-16(4)12-18;1-2-4-14(5-3-1)6-10-16-11-7-15-8-12-17-13-9-15/h13-16H,5-12H2,1-4H3;1-13H2. The molecule has 224 valence electrons. The molecule has 4 heterocycles. The molecule has 4 rings (SSSR count). The van der Waals surface area contributed by atoms with Crippen molar-refractivity contribution in [3.8, 4) is 0 Å². The van der Waals surface area contributed by atoms with Gasteiger partial charge in [-0.25, -0.2) is 0 Å². The number of hydrogen-bond acceptors (Lipinski definition) is 9. The first kappa shape index (κ1) is 32.2. The number of rotatable bonds is 12. The molecule has 0 aromatic carbocycles. The fraction of sp³-hybridized carbons (Fsp3) is 1.00. The van der Waals surface area contributed by atoms with Crippen molar-refractivity contribution < 1.29 is 23.7 Å². The maximum atomic E-state index is 5.82. The van der Waals surface area contributed by atoms with Crippen LogP contribution in [0.2, 0.25) is 0 Å². The second kappa shape index (κ2) is 18.9. The normalized spacial score (nSPS) is 30.6. The van der Waals surface area contributed by atoms with E-state index in [1.807, 2.05) is 0 Å². The number of ether oxygens (including phenoxy) is 5. The zero-order valence-electron chi connectivity index (χ0n) is 25.0. The third-order valence-electron chi connectivity index (χ3n) is 7.75. The maximum Gasteiger partial charge on any atom is 0.0678 e. The van der Waals surface area contributed by atoms with Gasteiger partial charge in [0.15, 0.2) is 0 Å². The highest BCUT2D eigenvalue weighted by Crippen LogP contribution is 2.11. The quantitative estimate of drug-likeness (QED) is 0.345. The van der Waals surface area contributed by atoms with Crippen molar-refractivity contribution in [1.82, 2.24) is 19.6 Å². The fourth-order valence-corrected chi connectivity index (χ4v) is 5.92. The average Bonchev–Trinajstić information content (AvgIpc) is 2.89. The molecule has 0 aliphatic carbocycles. The minimum absolute atomic E-state index is 0.338. The highest BCUT2D eigenvalue weighted by atomic mass is 16.5. The third-order valence-corrected chi connectivity index (χ3v) is 7.75. The molecule has 0 spiro atoms. The minimum atomic E-state index is 0.338. The molecule has 0 aromatic rings. The van der Waals surface area contributed by atoms with Gasteiger partial charge in [0.2, 0.25) is 0 Å². The van der Waals surface area contributed by atoms with Gasteiger partial charge < -0.3 is 28.6 Å². The molecule has 4 saturated heterocycles. The lowest BCUT2D eigenvalue weighted by molar-refractivity contribution is -0.0794. The molecule has 0 bridgehead atoms. The van der Waals surface area contributed by atoms with Crippen molar-refractivity contribution in [3.63, 3.8) is 0 Å². The summed E-state index contributed by atoms with van der Waals surface area (Å²) in [6, 6.07) is 0. The smallest absolute Gasteiger partial charge is 0.0678 e. The Morgan fingerprint density at radius 1 is 0.500 bits per heavy atom. The third kappa shape index (κ3) is 13.8. The van der Waals surface area contributed by atoms with Gasteiger partial charge in [-0.1, -0.05) is 6.42 Å². The zero-order chi connectivity index (χ0) is 27.0. The molecule has 4 aliphatic rings. The zero-order valence-corrected chi connectivity index (χ0v) is 25.0. The Morgan fingerprint density at radius 3 is 1.29 bits per heavy atom. The van der Waals surface area contributed by atoms with Crippen LogP contribution in [0, 0.1) is 0 Å². The van der Waals surface area contributed by atoms with E-state index in [1.54, 1.807) is 0 Å². The predicted octanol–water partition coefficient (Wildman–Crippen LogP) is 2.04. The van der Waals surface area contributed by atoms with Crippen molar-refractivity contribution in [3.05, 3.63) is 0 Å². The summed E-state index contributed by atoms with van der Waals surface area (Å²) in [4.78, 5) is 9.83. The van der Waals surface area contributed by atoms with E-state index in [2.05, 4.69) is 47.3 Å². The van der Waals surface area contributed by atoms with Crippen molar-refractivity contribution in [2.75, 3.05) is 118 Å². The minimum Gasteiger partial charge on any atom is -0.379 e. The first-order chi connectivity index (χ1) is 18.5. The van der Waals surface area contributed by atoms with Crippen LogP contribution in [0.4, 0.5) is 0 Å². The fourth-order valence-electron chi connectivity index (χ4n) is 5.92. The van der Waals surface area contributed by atoms with Gasteiger partial charge in [-0.3, -0.25) is 14.7 Å². The molecule has 4 atom stereocenters. The van der Waals surface area contributed by atoms with Crippen molar-refractivity contribution in [2.45, 2.75) is 71.4 Å². The molecule has 0 radical (unpaired) electrons. The van der Waals surface area contributed by atoms with E-state index in [0.717, 1.165) is 105 Å². The molecule has 4 fully saturated rings. The summed E-state index contributed by atoms with van der Waals surface area (Å²) in [7, 11) is 0. The molecule has 9 heteroatoms. The highest BCUT2D eigenvalue weighted by molar-refractivity contribution is 4.74. The molecular weight excluding hydrogens is 484 g/mol. The van der Waals surface area contributed by atoms with Crippen LogP contribution < -0.4 is 0 Å². The largest absolute Gasteiger partial charge is 0.379 e. The summed E-state index contributed by atoms with van der Waals surface area (Å²) in [5.41, 5.74) is 0. The second-order valence-corrected chi connectivity index (χ2v) is 11.6. The molecule has 0 saturated carbocycles. The Balaban J connectivity index is 0.000000215. The summed E-state index contributed by atoms with van der Waals surface area (Å²) in [5, 5.41) is 0. The molecule has 38 heavy (non-hydrogen) atoms. The maximum absolute atomic E-state index is 5.82. The number of hydrogen-bond donors (Lipinski definition) is 0. The first-order valence-electron chi connectivity index (χ1n) is 15.4.